The van der Waals surface area contributed by atoms with E-state index in [1.807, 2.05) is 30.3 Å². The van der Waals surface area contributed by atoms with Gasteiger partial charge in [-0.1, -0.05) is 29.8 Å². The van der Waals surface area contributed by atoms with E-state index in [4.69, 9.17) is 16.3 Å². The molecule has 0 spiro atoms. The first-order valence-corrected chi connectivity index (χ1v) is 5.97. The molecule has 0 atom stereocenters. The number of para-hydroxylation sites is 1. The molecular formula is C13H14ClNO2. The van der Waals surface area contributed by atoms with Crippen LogP contribution in [0.15, 0.2) is 35.5 Å². The summed E-state index contributed by atoms with van der Waals surface area (Å²) >= 11 is 6.13. The van der Waals surface area contributed by atoms with Crippen LogP contribution in [0.1, 0.15) is 12.5 Å². The van der Waals surface area contributed by atoms with E-state index in [2.05, 4.69) is 0 Å². The Balaban J connectivity index is 2.22. The number of fused-ring (bicyclic) bond motifs is 1. The van der Waals surface area contributed by atoms with Crippen molar-refractivity contribution in [3.63, 3.8) is 0 Å². The van der Waals surface area contributed by atoms with E-state index < -0.39 is 0 Å². The van der Waals surface area contributed by atoms with Crippen LogP contribution in [0.2, 0.25) is 0 Å². The molecule has 1 aromatic rings. The van der Waals surface area contributed by atoms with Crippen molar-refractivity contribution >= 4 is 23.3 Å². The summed E-state index contributed by atoms with van der Waals surface area (Å²) in [5.41, 5.74) is 2.15. The molecule has 90 valence electrons. The first-order valence-electron chi connectivity index (χ1n) is 5.59. The fourth-order valence-corrected chi connectivity index (χ4v) is 2.09. The van der Waals surface area contributed by atoms with Crippen molar-refractivity contribution < 1.29 is 9.53 Å². The van der Waals surface area contributed by atoms with E-state index >= 15 is 0 Å². The zero-order valence-corrected chi connectivity index (χ0v) is 10.4. The Morgan fingerprint density at radius 1 is 1.47 bits per heavy atom. The predicted octanol–water partition coefficient (Wildman–Crippen LogP) is 2.69. The monoisotopic (exact) mass is 251 g/mol. The van der Waals surface area contributed by atoms with Gasteiger partial charge in [-0.25, -0.2) is 0 Å². The molecule has 0 unspecified atom stereocenters. The number of rotatable bonds is 3. The van der Waals surface area contributed by atoms with Gasteiger partial charge in [-0.15, -0.1) is 0 Å². The highest BCUT2D eigenvalue weighted by molar-refractivity contribution is 6.31. The van der Waals surface area contributed by atoms with Crippen molar-refractivity contribution in [1.29, 1.82) is 0 Å². The van der Waals surface area contributed by atoms with Crippen molar-refractivity contribution in [2.24, 2.45) is 0 Å². The average molecular weight is 252 g/mol. The summed E-state index contributed by atoms with van der Waals surface area (Å²) in [6.45, 7) is 2.33. The number of hydrogen-bond acceptors (Lipinski definition) is 3. The fraction of sp³-hybridized carbons (Fsp3) is 0.308. The molecule has 1 aromatic carbocycles. The summed E-state index contributed by atoms with van der Waals surface area (Å²) in [6.07, 6.45) is 2.71. The topological polar surface area (TPSA) is 29.5 Å². The maximum atomic E-state index is 11.5. The quantitative estimate of drug-likeness (QED) is 0.611. The Bertz CT molecular complexity index is 456. The van der Waals surface area contributed by atoms with Crippen molar-refractivity contribution in [3.8, 4) is 0 Å². The number of anilines is 1. The normalized spacial score (nSPS) is 14.0. The second-order valence-corrected chi connectivity index (χ2v) is 4.14. The summed E-state index contributed by atoms with van der Waals surface area (Å²) < 4.78 is 4.94. The average Bonchev–Trinajstić information content (AvgIpc) is 2.33. The highest BCUT2D eigenvalue weighted by Gasteiger charge is 2.20. The Hall–Kier alpha value is -1.48. The number of carbonyl (C=O) groups is 1. The minimum Gasteiger partial charge on any atom is -0.465 e. The summed E-state index contributed by atoms with van der Waals surface area (Å²) in [5.74, 6) is -0.268. The number of esters is 1. The molecule has 0 saturated heterocycles. The fourth-order valence-electron chi connectivity index (χ4n) is 1.86. The second kappa shape index (κ2) is 5.23. The third-order valence-corrected chi connectivity index (χ3v) is 2.98. The number of ether oxygens (including phenoxy) is 1. The maximum Gasteiger partial charge on any atom is 0.325 e. The van der Waals surface area contributed by atoms with Crippen molar-refractivity contribution in [1.82, 2.24) is 0 Å². The van der Waals surface area contributed by atoms with Gasteiger partial charge < -0.3 is 9.64 Å². The van der Waals surface area contributed by atoms with Gasteiger partial charge in [-0.05, 0) is 31.1 Å². The van der Waals surface area contributed by atoms with Crippen molar-refractivity contribution in [2.75, 3.05) is 18.1 Å². The third kappa shape index (κ3) is 2.61. The molecule has 2 rings (SSSR count). The lowest BCUT2D eigenvalue weighted by molar-refractivity contribution is -0.141. The summed E-state index contributed by atoms with van der Waals surface area (Å²) in [4.78, 5) is 13.3. The molecule has 17 heavy (non-hydrogen) atoms. The predicted molar refractivity (Wildman–Crippen MR) is 68.1 cm³/mol. The highest BCUT2D eigenvalue weighted by atomic mass is 35.5. The van der Waals surface area contributed by atoms with Gasteiger partial charge in [-0.3, -0.25) is 4.79 Å². The van der Waals surface area contributed by atoms with Gasteiger partial charge >= 0.3 is 5.97 Å². The molecule has 0 aliphatic carbocycles. The summed E-state index contributed by atoms with van der Waals surface area (Å²) in [6, 6.07) is 7.91. The van der Waals surface area contributed by atoms with E-state index in [1.165, 1.54) is 5.56 Å². The van der Waals surface area contributed by atoms with Gasteiger partial charge in [0.15, 0.2) is 0 Å². The van der Waals surface area contributed by atoms with Crippen molar-refractivity contribution in [3.05, 3.63) is 41.1 Å². The number of allylic oxidation sites excluding steroid dienone is 1. The summed E-state index contributed by atoms with van der Waals surface area (Å²) in [7, 11) is 0. The molecule has 0 N–H and O–H groups in total. The first-order chi connectivity index (χ1) is 8.22. The maximum absolute atomic E-state index is 11.5. The Morgan fingerprint density at radius 3 is 3.00 bits per heavy atom. The SMILES string of the molecule is CCOC(=O)CN1C(Cl)=CCc2ccccc21. The Kier molecular flexibility index (Phi) is 3.69. The van der Waals surface area contributed by atoms with E-state index in [0.29, 0.717) is 11.8 Å². The smallest absolute Gasteiger partial charge is 0.325 e. The van der Waals surface area contributed by atoms with Gasteiger partial charge in [-0.2, -0.15) is 0 Å². The number of halogens is 1. The minimum absolute atomic E-state index is 0.153. The largest absolute Gasteiger partial charge is 0.465 e. The molecule has 0 aromatic heterocycles. The van der Waals surface area contributed by atoms with Crippen LogP contribution in [0.25, 0.3) is 0 Å². The van der Waals surface area contributed by atoms with E-state index in [-0.39, 0.29) is 12.5 Å². The van der Waals surface area contributed by atoms with Gasteiger partial charge in [0, 0.05) is 5.69 Å². The van der Waals surface area contributed by atoms with Gasteiger partial charge in [0.05, 0.1) is 6.61 Å². The molecule has 1 aliphatic rings. The van der Waals surface area contributed by atoms with Gasteiger partial charge in [0.25, 0.3) is 0 Å². The van der Waals surface area contributed by atoms with Crippen LogP contribution >= 0.6 is 11.6 Å². The standard InChI is InChI=1S/C13H14ClNO2/c1-2-17-13(16)9-15-11-6-4-3-5-10(11)7-8-12(15)14/h3-6,8H,2,7,9H2,1H3. The third-order valence-electron chi connectivity index (χ3n) is 2.62. The summed E-state index contributed by atoms with van der Waals surface area (Å²) in [5, 5.41) is 0.580. The van der Waals surface area contributed by atoms with Crippen molar-refractivity contribution in [2.45, 2.75) is 13.3 Å². The molecule has 0 radical (unpaired) electrons. The van der Waals surface area contributed by atoms with Crippen LogP contribution in [-0.2, 0) is 16.0 Å². The Labute approximate surface area is 106 Å². The molecular weight excluding hydrogens is 238 g/mol. The molecule has 4 heteroatoms. The highest BCUT2D eigenvalue weighted by Crippen LogP contribution is 2.30. The number of benzene rings is 1. The van der Waals surface area contributed by atoms with E-state index in [9.17, 15) is 4.79 Å². The van der Waals surface area contributed by atoms with Gasteiger partial charge in [0.1, 0.15) is 11.7 Å². The lowest BCUT2D eigenvalue weighted by Crippen LogP contribution is -2.31. The van der Waals surface area contributed by atoms with Crippen LogP contribution in [0.5, 0.6) is 0 Å². The molecule has 1 heterocycles. The second-order valence-electron chi connectivity index (χ2n) is 3.75. The Morgan fingerprint density at radius 2 is 2.24 bits per heavy atom. The minimum atomic E-state index is -0.268. The molecule has 0 bridgehead atoms. The molecule has 3 nitrogen and oxygen atoms in total. The van der Waals surface area contributed by atoms with Crippen LogP contribution < -0.4 is 4.90 Å². The number of hydrogen-bond donors (Lipinski definition) is 0. The zero-order valence-electron chi connectivity index (χ0n) is 9.65. The van der Waals surface area contributed by atoms with Crippen LogP contribution in [0.4, 0.5) is 5.69 Å². The number of nitrogens with zero attached hydrogens (tertiary/aromatic N) is 1. The first kappa shape index (κ1) is 12.0. The van der Waals surface area contributed by atoms with Crippen LogP contribution in [0.3, 0.4) is 0 Å². The number of carbonyl (C=O) groups excluding carboxylic acids is 1. The van der Waals surface area contributed by atoms with E-state index in [0.717, 1.165) is 12.1 Å². The van der Waals surface area contributed by atoms with Crippen LogP contribution in [0, 0.1) is 0 Å². The van der Waals surface area contributed by atoms with Crippen LogP contribution in [-0.4, -0.2) is 19.1 Å². The lowest BCUT2D eigenvalue weighted by atomic mass is 10.1. The molecule has 0 amide bonds. The molecule has 1 aliphatic heterocycles. The molecule has 0 fully saturated rings. The lowest BCUT2D eigenvalue weighted by Gasteiger charge is -2.28. The zero-order chi connectivity index (χ0) is 12.3. The van der Waals surface area contributed by atoms with Gasteiger partial charge in [0.2, 0.25) is 0 Å². The molecule has 0 saturated carbocycles. The van der Waals surface area contributed by atoms with E-state index in [1.54, 1.807) is 11.8 Å².